The zero-order chi connectivity index (χ0) is 15.6. The van der Waals surface area contributed by atoms with Crippen LogP contribution >= 0.6 is 12.4 Å². The van der Waals surface area contributed by atoms with E-state index in [2.05, 4.69) is 5.32 Å². The number of nitrogens with zero attached hydrogens (tertiary/aromatic N) is 2. The molecule has 0 aromatic heterocycles. The van der Waals surface area contributed by atoms with Crippen LogP contribution in [0.5, 0.6) is 0 Å². The molecule has 2 fully saturated rings. The molecule has 1 unspecified atom stereocenters. The third kappa shape index (κ3) is 4.03. The SMILES string of the molecule is Cl.O=S(=O)(N1CCCCC1)N1CCNCC1c1cccc(F)c1. The number of halogens is 2. The molecule has 2 aliphatic rings. The summed E-state index contributed by atoms with van der Waals surface area (Å²) in [5.74, 6) is -0.335. The molecule has 0 bridgehead atoms. The number of nitrogens with one attached hydrogen (secondary N) is 1. The third-order valence-corrected chi connectivity index (χ3v) is 6.41. The highest BCUT2D eigenvalue weighted by atomic mass is 35.5. The predicted molar refractivity (Wildman–Crippen MR) is 90.3 cm³/mol. The maximum atomic E-state index is 13.5. The van der Waals surface area contributed by atoms with E-state index in [0.717, 1.165) is 19.3 Å². The summed E-state index contributed by atoms with van der Waals surface area (Å²) in [6, 6.07) is 5.88. The molecule has 0 spiro atoms. The quantitative estimate of drug-likeness (QED) is 0.892. The van der Waals surface area contributed by atoms with Crippen molar-refractivity contribution < 1.29 is 12.8 Å². The second-order valence-electron chi connectivity index (χ2n) is 5.85. The number of hydrogen-bond donors (Lipinski definition) is 1. The smallest absolute Gasteiger partial charge is 0.282 e. The number of hydrogen-bond acceptors (Lipinski definition) is 3. The van der Waals surface area contributed by atoms with Crippen molar-refractivity contribution in [1.82, 2.24) is 13.9 Å². The zero-order valence-corrected chi connectivity index (χ0v) is 14.6. The lowest BCUT2D eigenvalue weighted by molar-refractivity contribution is 0.236. The van der Waals surface area contributed by atoms with Gasteiger partial charge in [-0.3, -0.25) is 0 Å². The van der Waals surface area contributed by atoms with Gasteiger partial charge in [-0.1, -0.05) is 18.6 Å². The Hall–Kier alpha value is -0.730. The summed E-state index contributed by atoms with van der Waals surface area (Å²) in [5, 5.41) is 3.21. The first-order valence-corrected chi connectivity index (χ1v) is 9.22. The van der Waals surface area contributed by atoms with Gasteiger partial charge < -0.3 is 5.32 Å². The Balaban J connectivity index is 0.00000192. The van der Waals surface area contributed by atoms with Crippen LogP contribution in [0.2, 0.25) is 0 Å². The molecular formula is C15H23ClFN3O2S. The van der Waals surface area contributed by atoms with E-state index in [9.17, 15) is 12.8 Å². The summed E-state index contributed by atoms with van der Waals surface area (Å²) in [7, 11) is -3.49. The molecule has 1 aromatic rings. The average molecular weight is 364 g/mol. The van der Waals surface area contributed by atoms with E-state index in [1.165, 1.54) is 16.4 Å². The predicted octanol–water partition coefficient (Wildman–Crippen LogP) is 1.92. The fraction of sp³-hybridized carbons (Fsp3) is 0.600. The highest BCUT2D eigenvalue weighted by Crippen LogP contribution is 2.28. The van der Waals surface area contributed by atoms with E-state index in [-0.39, 0.29) is 24.3 Å². The van der Waals surface area contributed by atoms with Crippen LogP contribution in [0.4, 0.5) is 4.39 Å². The Kier molecular flexibility index (Phi) is 6.39. The molecule has 23 heavy (non-hydrogen) atoms. The molecule has 0 amide bonds. The van der Waals surface area contributed by atoms with Crippen molar-refractivity contribution in [2.75, 3.05) is 32.7 Å². The minimum absolute atomic E-state index is 0. The number of piperidine rings is 1. The fourth-order valence-corrected chi connectivity index (χ4v) is 5.06. The van der Waals surface area contributed by atoms with Crippen molar-refractivity contribution in [3.8, 4) is 0 Å². The zero-order valence-electron chi connectivity index (χ0n) is 12.9. The van der Waals surface area contributed by atoms with Gasteiger partial charge in [0.05, 0.1) is 6.04 Å². The third-order valence-electron chi connectivity index (χ3n) is 4.37. The summed E-state index contributed by atoms with van der Waals surface area (Å²) in [4.78, 5) is 0. The van der Waals surface area contributed by atoms with Gasteiger partial charge in [-0.05, 0) is 30.5 Å². The van der Waals surface area contributed by atoms with Gasteiger partial charge in [-0.25, -0.2) is 4.39 Å². The summed E-state index contributed by atoms with van der Waals surface area (Å²) >= 11 is 0. The first-order valence-electron chi connectivity index (χ1n) is 7.82. The maximum absolute atomic E-state index is 13.5. The molecule has 1 atom stereocenters. The molecule has 1 N–H and O–H groups in total. The first kappa shape index (κ1) is 18.6. The van der Waals surface area contributed by atoms with Crippen molar-refractivity contribution in [3.63, 3.8) is 0 Å². The highest BCUT2D eigenvalue weighted by Gasteiger charge is 2.37. The summed E-state index contributed by atoms with van der Waals surface area (Å²) in [5.41, 5.74) is 0.702. The van der Waals surface area contributed by atoms with Gasteiger partial charge in [-0.15, -0.1) is 12.4 Å². The molecule has 0 saturated carbocycles. The molecule has 3 rings (SSSR count). The number of piperazine rings is 1. The second-order valence-corrected chi connectivity index (χ2v) is 7.73. The lowest BCUT2D eigenvalue weighted by atomic mass is 10.1. The van der Waals surface area contributed by atoms with E-state index in [0.29, 0.717) is 38.3 Å². The van der Waals surface area contributed by atoms with Crippen LogP contribution in [0.1, 0.15) is 30.9 Å². The van der Waals surface area contributed by atoms with Gasteiger partial charge in [-0.2, -0.15) is 17.0 Å². The van der Waals surface area contributed by atoms with E-state index in [4.69, 9.17) is 0 Å². The molecule has 0 aliphatic carbocycles. The molecular weight excluding hydrogens is 341 g/mol. The van der Waals surface area contributed by atoms with Gasteiger partial charge in [0.25, 0.3) is 10.2 Å². The van der Waals surface area contributed by atoms with Crippen molar-refractivity contribution in [2.24, 2.45) is 0 Å². The first-order chi connectivity index (χ1) is 10.6. The summed E-state index contributed by atoms with van der Waals surface area (Å²) < 4.78 is 42.5. The van der Waals surface area contributed by atoms with Crippen LogP contribution in [0.3, 0.4) is 0 Å². The van der Waals surface area contributed by atoms with E-state index < -0.39 is 10.2 Å². The molecule has 1 aromatic carbocycles. The lowest BCUT2D eigenvalue weighted by Gasteiger charge is -2.39. The van der Waals surface area contributed by atoms with Gasteiger partial charge in [0, 0.05) is 32.7 Å². The van der Waals surface area contributed by atoms with Crippen molar-refractivity contribution in [2.45, 2.75) is 25.3 Å². The van der Waals surface area contributed by atoms with E-state index in [1.807, 2.05) is 0 Å². The second kappa shape index (κ2) is 7.90. The van der Waals surface area contributed by atoms with Gasteiger partial charge in [0.2, 0.25) is 0 Å². The van der Waals surface area contributed by atoms with Crippen LogP contribution in [0, 0.1) is 5.82 Å². The Morgan fingerprint density at radius 2 is 1.87 bits per heavy atom. The van der Waals surface area contributed by atoms with Crippen LogP contribution in [0.25, 0.3) is 0 Å². The Morgan fingerprint density at radius 3 is 2.57 bits per heavy atom. The molecule has 8 heteroatoms. The molecule has 2 heterocycles. The van der Waals surface area contributed by atoms with Crippen LogP contribution in [-0.4, -0.2) is 49.8 Å². The molecule has 0 radical (unpaired) electrons. The van der Waals surface area contributed by atoms with Gasteiger partial charge >= 0.3 is 0 Å². The van der Waals surface area contributed by atoms with Crippen LogP contribution in [0.15, 0.2) is 24.3 Å². The minimum atomic E-state index is -3.49. The summed E-state index contributed by atoms with van der Waals surface area (Å²) in [6.07, 6.45) is 2.91. The van der Waals surface area contributed by atoms with Crippen LogP contribution < -0.4 is 5.32 Å². The Labute approximate surface area is 143 Å². The van der Waals surface area contributed by atoms with Crippen molar-refractivity contribution in [1.29, 1.82) is 0 Å². The number of benzene rings is 1. The largest absolute Gasteiger partial charge is 0.313 e. The molecule has 5 nitrogen and oxygen atoms in total. The maximum Gasteiger partial charge on any atom is 0.282 e. The standard InChI is InChI=1S/C15H22FN3O2S.ClH/c16-14-6-4-5-13(11-14)15-12-17-7-10-19(15)22(20,21)18-8-2-1-3-9-18;/h4-6,11,15,17H,1-3,7-10,12H2;1H. The molecule has 2 aliphatic heterocycles. The lowest BCUT2D eigenvalue weighted by Crippen LogP contribution is -2.54. The molecule has 130 valence electrons. The van der Waals surface area contributed by atoms with Gasteiger partial charge in [0.15, 0.2) is 0 Å². The van der Waals surface area contributed by atoms with Crippen LogP contribution in [-0.2, 0) is 10.2 Å². The Bertz CT molecular complexity index is 623. The topological polar surface area (TPSA) is 52.7 Å². The molecule has 2 saturated heterocycles. The highest BCUT2D eigenvalue weighted by molar-refractivity contribution is 7.86. The van der Waals surface area contributed by atoms with Gasteiger partial charge in [0.1, 0.15) is 5.82 Å². The summed E-state index contributed by atoms with van der Waals surface area (Å²) in [6.45, 7) is 2.72. The normalized spacial score (nSPS) is 24.1. The minimum Gasteiger partial charge on any atom is -0.313 e. The number of rotatable bonds is 3. The van der Waals surface area contributed by atoms with Crippen molar-refractivity contribution in [3.05, 3.63) is 35.6 Å². The average Bonchev–Trinajstić information content (AvgIpc) is 2.56. The fourth-order valence-electron chi connectivity index (χ4n) is 3.20. The Morgan fingerprint density at radius 1 is 1.13 bits per heavy atom. The monoisotopic (exact) mass is 363 g/mol. The van der Waals surface area contributed by atoms with Crippen molar-refractivity contribution >= 4 is 22.6 Å². The van der Waals surface area contributed by atoms with E-state index in [1.54, 1.807) is 16.4 Å². The van der Waals surface area contributed by atoms with E-state index >= 15 is 0 Å².